The zero-order valence-corrected chi connectivity index (χ0v) is 23.3. The van der Waals surface area contributed by atoms with Crippen LogP contribution >= 0.6 is 0 Å². The number of fused-ring (bicyclic) bond motifs is 2. The van der Waals surface area contributed by atoms with Crippen molar-refractivity contribution in [3.63, 3.8) is 0 Å². The van der Waals surface area contributed by atoms with Gasteiger partial charge in [0.1, 0.15) is 5.60 Å². The van der Waals surface area contributed by atoms with E-state index >= 15 is 0 Å². The number of rotatable bonds is 5. The van der Waals surface area contributed by atoms with Gasteiger partial charge < -0.3 is 19.2 Å². The first-order chi connectivity index (χ1) is 19.6. The molecule has 1 aliphatic rings. The van der Waals surface area contributed by atoms with E-state index in [1.54, 1.807) is 0 Å². The fourth-order valence-electron chi connectivity index (χ4n) is 5.41. The third-order valence-corrected chi connectivity index (χ3v) is 7.10. The van der Waals surface area contributed by atoms with E-state index in [4.69, 9.17) is 4.74 Å². The molecule has 0 fully saturated rings. The maximum Gasteiger partial charge on any atom is 0.407 e. The predicted octanol–water partition coefficient (Wildman–Crippen LogP) is 5.71. The van der Waals surface area contributed by atoms with Crippen LogP contribution in [0.15, 0.2) is 85.2 Å². The van der Waals surface area contributed by atoms with Crippen LogP contribution in [0.5, 0.6) is 0 Å². The molecule has 0 bridgehead atoms. The van der Waals surface area contributed by atoms with E-state index in [2.05, 4.69) is 10.6 Å². The quantitative estimate of drug-likeness (QED) is 0.276. The van der Waals surface area contributed by atoms with Gasteiger partial charge in [-0.25, -0.2) is 4.79 Å². The van der Waals surface area contributed by atoms with Crippen LogP contribution in [0, 0.1) is 0 Å². The molecule has 8 nitrogen and oxygen atoms in total. The van der Waals surface area contributed by atoms with Crippen molar-refractivity contribution >= 4 is 50.9 Å². The topological polar surface area (TPSA) is 94.4 Å². The highest BCUT2D eigenvalue weighted by Crippen LogP contribution is 2.39. The largest absolute Gasteiger partial charge is 0.444 e. The third kappa shape index (κ3) is 4.78. The molecule has 0 aliphatic carbocycles. The highest BCUT2D eigenvalue weighted by molar-refractivity contribution is 6.50. The van der Waals surface area contributed by atoms with Crippen LogP contribution in [0.2, 0.25) is 0 Å². The first-order valence-corrected chi connectivity index (χ1v) is 13.4. The molecule has 0 spiro atoms. The van der Waals surface area contributed by atoms with Crippen LogP contribution in [0.3, 0.4) is 0 Å². The fraction of sp³-hybridized carbons (Fsp3) is 0.182. The van der Waals surface area contributed by atoms with Gasteiger partial charge in [0, 0.05) is 59.1 Å². The van der Waals surface area contributed by atoms with Crippen molar-refractivity contribution < 1.29 is 19.1 Å². The standard InChI is InChI=1S/C33H30N4O4/c1-33(2,3)41-32(40)34-17-20-10-9-11-21(16-20)37-19-25(23-13-6-8-15-27(23)37)29-28(30(38)35-31(29)39)24-18-36(4)26-14-7-5-12-22(24)26/h5-16,18-19H,17H2,1-4H3,(H,34,40)(H,35,38,39). The molecule has 2 N–H and O–H groups in total. The Labute approximate surface area is 237 Å². The Morgan fingerprint density at radius 1 is 0.829 bits per heavy atom. The number of nitrogens with one attached hydrogen (secondary N) is 2. The molecule has 5 aromatic rings. The smallest absolute Gasteiger partial charge is 0.407 e. The van der Waals surface area contributed by atoms with Crippen LogP contribution in [0.4, 0.5) is 4.79 Å². The molecule has 1 aliphatic heterocycles. The summed E-state index contributed by atoms with van der Waals surface area (Å²) in [5.41, 5.74) is 5.12. The van der Waals surface area contributed by atoms with E-state index in [9.17, 15) is 14.4 Å². The average molecular weight is 547 g/mol. The van der Waals surface area contributed by atoms with Gasteiger partial charge in [-0.3, -0.25) is 14.9 Å². The van der Waals surface area contributed by atoms with Gasteiger partial charge in [-0.15, -0.1) is 0 Å². The molecular formula is C33H30N4O4. The molecule has 0 unspecified atom stereocenters. The number of aryl methyl sites for hydroxylation is 1. The summed E-state index contributed by atoms with van der Waals surface area (Å²) in [5.74, 6) is -0.829. The molecule has 3 amide bonds. The number of hydrogen-bond donors (Lipinski definition) is 2. The molecule has 3 aromatic carbocycles. The van der Waals surface area contributed by atoms with Gasteiger partial charge in [-0.2, -0.15) is 0 Å². The van der Waals surface area contributed by atoms with E-state index in [0.29, 0.717) is 28.8 Å². The van der Waals surface area contributed by atoms with E-state index in [-0.39, 0.29) is 0 Å². The number of nitrogens with zero attached hydrogens (tertiary/aromatic N) is 2. The number of para-hydroxylation sites is 2. The lowest BCUT2D eigenvalue weighted by atomic mass is 9.95. The minimum Gasteiger partial charge on any atom is -0.444 e. The first kappa shape index (κ1) is 26.1. The molecule has 2 aromatic heterocycles. The molecule has 0 saturated heterocycles. The number of aromatic nitrogens is 2. The van der Waals surface area contributed by atoms with Crippen molar-refractivity contribution in [2.75, 3.05) is 0 Å². The lowest BCUT2D eigenvalue weighted by Crippen LogP contribution is -2.32. The lowest BCUT2D eigenvalue weighted by Gasteiger charge is -2.19. The molecule has 206 valence electrons. The normalized spacial score (nSPS) is 13.8. The van der Waals surface area contributed by atoms with Gasteiger partial charge in [-0.1, -0.05) is 48.5 Å². The molecule has 41 heavy (non-hydrogen) atoms. The monoisotopic (exact) mass is 546 g/mol. The van der Waals surface area contributed by atoms with Gasteiger partial charge in [0.2, 0.25) is 0 Å². The van der Waals surface area contributed by atoms with E-state index in [1.807, 2.05) is 122 Å². The highest BCUT2D eigenvalue weighted by Gasteiger charge is 2.35. The number of imide groups is 1. The van der Waals surface area contributed by atoms with E-state index in [1.165, 1.54) is 0 Å². The second-order valence-electron chi connectivity index (χ2n) is 11.2. The summed E-state index contributed by atoms with van der Waals surface area (Å²) in [5, 5.41) is 7.09. The molecule has 3 heterocycles. The van der Waals surface area contributed by atoms with Crippen molar-refractivity contribution in [2.45, 2.75) is 32.9 Å². The summed E-state index contributed by atoms with van der Waals surface area (Å²) in [4.78, 5) is 38.8. The number of hydrogen-bond acceptors (Lipinski definition) is 4. The van der Waals surface area contributed by atoms with Gasteiger partial charge in [0.25, 0.3) is 11.8 Å². The maximum absolute atomic E-state index is 13.3. The van der Waals surface area contributed by atoms with Crippen LogP contribution in [0.1, 0.15) is 37.5 Å². The Morgan fingerprint density at radius 3 is 2.12 bits per heavy atom. The number of carbonyl (C=O) groups is 3. The Kier molecular flexibility index (Phi) is 6.26. The Balaban J connectivity index is 1.46. The zero-order chi connectivity index (χ0) is 28.9. The predicted molar refractivity (Wildman–Crippen MR) is 159 cm³/mol. The van der Waals surface area contributed by atoms with Crippen LogP contribution in [0.25, 0.3) is 38.6 Å². The number of ether oxygens (including phenoxy) is 1. The molecule has 0 radical (unpaired) electrons. The number of benzene rings is 3. The number of alkyl carbamates (subject to hydrolysis) is 1. The van der Waals surface area contributed by atoms with Crippen molar-refractivity contribution in [3.8, 4) is 5.69 Å². The van der Waals surface area contributed by atoms with Gasteiger partial charge in [0.05, 0.1) is 16.7 Å². The van der Waals surface area contributed by atoms with Crippen molar-refractivity contribution in [1.82, 2.24) is 19.8 Å². The summed E-state index contributed by atoms with van der Waals surface area (Å²) in [6.45, 7) is 5.76. The van der Waals surface area contributed by atoms with Crippen molar-refractivity contribution in [2.24, 2.45) is 7.05 Å². The number of amides is 3. The number of carbonyl (C=O) groups excluding carboxylic acids is 3. The molecule has 0 saturated carbocycles. The summed E-state index contributed by atoms with van der Waals surface area (Å²) in [7, 11) is 1.93. The Morgan fingerprint density at radius 2 is 1.44 bits per heavy atom. The summed E-state index contributed by atoms with van der Waals surface area (Å²) < 4.78 is 9.33. The minimum atomic E-state index is -0.583. The Hall–Kier alpha value is -5.11. The second kappa shape index (κ2) is 9.82. The maximum atomic E-state index is 13.3. The van der Waals surface area contributed by atoms with E-state index < -0.39 is 23.5 Å². The second-order valence-corrected chi connectivity index (χ2v) is 11.2. The first-order valence-electron chi connectivity index (χ1n) is 13.4. The van der Waals surface area contributed by atoms with Crippen molar-refractivity contribution in [1.29, 1.82) is 0 Å². The SMILES string of the molecule is Cn1cc(C2=C(c3cn(-c4cccc(CNC(=O)OC(C)(C)C)c4)c4ccccc34)C(=O)NC2=O)c2ccccc21. The van der Waals surface area contributed by atoms with Crippen LogP contribution in [-0.4, -0.2) is 32.6 Å². The average Bonchev–Trinajstić information content (AvgIpc) is 3.57. The van der Waals surface area contributed by atoms with Crippen LogP contribution < -0.4 is 10.6 Å². The van der Waals surface area contributed by atoms with Crippen molar-refractivity contribution in [3.05, 3.63) is 102 Å². The third-order valence-electron chi connectivity index (χ3n) is 7.10. The van der Waals surface area contributed by atoms with Crippen LogP contribution in [-0.2, 0) is 27.9 Å². The van der Waals surface area contributed by atoms with Gasteiger partial charge >= 0.3 is 6.09 Å². The van der Waals surface area contributed by atoms with Gasteiger partial charge in [0.15, 0.2) is 0 Å². The van der Waals surface area contributed by atoms with Gasteiger partial charge in [-0.05, 0) is 50.6 Å². The molecule has 0 atom stereocenters. The molecular weight excluding hydrogens is 516 g/mol. The highest BCUT2D eigenvalue weighted by atomic mass is 16.6. The zero-order valence-electron chi connectivity index (χ0n) is 23.3. The minimum absolute atomic E-state index is 0.294. The summed E-state index contributed by atoms with van der Waals surface area (Å²) >= 11 is 0. The molecule has 8 heteroatoms. The Bertz CT molecular complexity index is 1900. The lowest BCUT2D eigenvalue weighted by molar-refractivity contribution is -0.122. The fourth-order valence-corrected chi connectivity index (χ4v) is 5.41. The summed E-state index contributed by atoms with van der Waals surface area (Å²) in [6.07, 6.45) is 3.32. The summed E-state index contributed by atoms with van der Waals surface area (Å²) in [6, 6.07) is 23.4. The molecule has 6 rings (SSSR count). The van der Waals surface area contributed by atoms with E-state index in [0.717, 1.165) is 33.1 Å².